The average molecular weight is 223 g/mol. The summed E-state index contributed by atoms with van der Waals surface area (Å²) < 4.78 is 4.67. The Morgan fingerprint density at radius 2 is 2.12 bits per heavy atom. The number of nitro groups is 1. The lowest BCUT2D eigenvalue weighted by Crippen LogP contribution is -2.23. The second-order valence-electron chi connectivity index (χ2n) is 3.27. The second-order valence-corrected chi connectivity index (χ2v) is 3.27. The Morgan fingerprint density at radius 1 is 1.44 bits per heavy atom. The molecule has 0 bridgehead atoms. The van der Waals surface area contributed by atoms with Crippen LogP contribution < -0.4 is 0 Å². The first-order valence-corrected chi connectivity index (χ1v) is 4.36. The first-order chi connectivity index (χ1) is 7.50. The molecule has 1 atom stereocenters. The van der Waals surface area contributed by atoms with Crippen LogP contribution in [0.3, 0.4) is 0 Å². The zero-order valence-electron chi connectivity index (χ0n) is 7.86. The van der Waals surface area contributed by atoms with Gasteiger partial charge in [-0.2, -0.15) is 0 Å². The van der Waals surface area contributed by atoms with Gasteiger partial charge in [0.15, 0.2) is 6.00 Å². The molecule has 82 valence electrons. The van der Waals surface area contributed by atoms with E-state index < -0.39 is 24.0 Å². The number of cyclic esters (lactones) is 1. The highest BCUT2D eigenvalue weighted by atomic mass is 16.6. The molecule has 0 aromatic heterocycles. The predicted molar refractivity (Wildman–Crippen MR) is 51.4 cm³/mol. The Balaban J connectivity index is 2.51. The topological polar surface area (TPSA) is 110 Å². The summed E-state index contributed by atoms with van der Waals surface area (Å²) in [4.78, 5) is 21.1. The SMILES string of the molecule is O=C1OC(B(O)O)c2cc([N+](=O)[O-])ccc21. The van der Waals surface area contributed by atoms with E-state index in [0.29, 0.717) is 0 Å². The Morgan fingerprint density at radius 3 is 2.69 bits per heavy atom. The summed E-state index contributed by atoms with van der Waals surface area (Å²) in [6, 6.07) is 2.23. The number of carbonyl (C=O) groups is 1. The normalized spacial score (nSPS) is 17.9. The number of ether oxygens (including phenoxy) is 1. The molecule has 1 aromatic rings. The van der Waals surface area contributed by atoms with Gasteiger partial charge in [-0.25, -0.2) is 4.79 Å². The van der Waals surface area contributed by atoms with E-state index in [4.69, 9.17) is 10.0 Å². The Labute approximate surface area is 89.6 Å². The molecule has 1 aromatic carbocycles. The summed E-state index contributed by atoms with van der Waals surface area (Å²) in [7, 11) is -1.90. The minimum atomic E-state index is -1.90. The molecule has 1 unspecified atom stereocenters. The smallest absolute Gasteiger partial charge is 0.456 e. The van der Waals surface area contributed by atoms with Gasteiger partial charge >= 0.3 is 13.1 Å². The van der Waals surface area contributed by atoms with Gasteiger partial charge in [-0.3, -0.25) is 10.1 Å². The van der Waals surface area contributed by atoms with E-state index in [2.05, 4.69) is 4.74 Å². The molecule has 0 saturated carbocycles. The summed E-state index contributed by atoms with van der Waals surface area (Å²) in [5, 5.41) is 28.4. The van der Waals surface area contributed by atoms with Crippen molar-refractivity contribution in [2.45, 2.75) is 6.00 Å². The molecular weight excluding hydrogens is 217 g/mol. The minimum Gasteiger partial charge on any atom is -0.456 e. The molecule has 0 radical (unpaired) electrons. The minimum absolute atomic E-state index is 0.115. The molecule has 2 N–H and O–H groups in total. The van der Waals surface area contributed by atoms with E-state index >= 15 is 0 Å². The molecule has 16 heavy (non-hydrogen) atoms. The van der Waals surface area contributed by atoms with Crippen LogP contribution in [-0.2, 0) is 4.74 Å². The van der Waals surface area contributed by atoms with Gasteiger partial charge < -0.3 is 14.8 Å². The third-order valence-corrected chi connectivity index (χ3v) is 2.28. The molecule has 7 nitrogen and oxygen atoms in total. The lowest BCUT2D eigenvalue weighted by molar-refractivity contribution is -0.384. The number of hydrogen-bond donors (Lipinski definition) is 2. The van der Waals surface area contributed by atoms with Crippen molar-refractivity contribution >= 4 is 18.8 Å². The molecule has 0 fully saturated rings. The average Bonchev–Trinajstić information content (AvgIpc) is 2.56. The van der Waals surface area contributed by atoms with Gasteiger partial charge in [0, 0.05) is 17.7 Å². The zero-order valence-corrected chi connectivity index (χ0v) is 7.86. The first kappa shape index (κ1) is 10.6. The van der Waals surface area contributed by atoms with Crippen LogP contribution in [0.5, 0.6) is 0 Å². The third-order valence-electron chi connectivity index (χ3n) is 2.28. The summed E-state index contributed by atoms with van der Waals surface area (Å²) in [6.07, 6.45) is 0. The van der Waals surface area contributed by atoms with Crippen LogP contribution in [0.1, 0.15) is 21.9 Å². The number of nitrogens with zero attached hydrogens (tertiary/aromatic N) is 1. The van der Waals surface area contributed by atoms with Crippen LogP contribution in [0.4, 0.5) is 5.69 Å². The summed E-state index contributed by atoms with van der Waals surface area (Å²) in [5.41, 5.74) is 0.000556. The van der Waals surface area contributed by atoms with Crippen molar-refractivity contribution in [1.82, 2.24) is 0 Å². The number of nitro benzene ring substituents is 1. The zero-order chi connectivity index (χ0) is 11.9. The van der Waals surface area contributed by atoms with Gasteiger partial charge in [-0.05, 0) is 6.07 Å². The fraction of sp³-hybridized carbons (Fsp3) is 0.125. The van der Waals surface area contributed by atoms with Crippen molar-refractivity contribution in [3.05, 3.63) is 39.4 Å². The van der Waals surface area contributed by atoms with E-state index in [0.717, 1.165) is 12.1 Å². The van der Waals surface area contributed by atoms with E-state index in [-0.39, 0.29) is 16.8 Å². The molecule has 0 amide bonds. The number of hydrogen-bond acceptors (Lipinski definition) is 6. The van der Waals surface area contributed by atoms with Crippen LogP contribution in [-0.4, -0.2) is 28.1 Å². The molecule has 0 aliphatic carbocycles. The molecule has 1 aliphatic rings. The first-order valence-electron chi connectivity index (χ1n) is 4.36. The lowest BCUT2D eigenvalue weighted by atomic mass is 9.77. The largest absolute Gasteiger partial charge is 0.500 e. The fourth-order valence-electron chi connectivity index (χ4n) is 1.55. The second kappa shape index (κ2) is 3.58. The van der Waals surface area contributed by atoms with Crippen LogP contribution in [0.15, 0.2) is 18.2 Å². The van der Waals surface area contributed by atoms with E-state index in [1.54, 1.807) is 0 Å². The molecule has 8 heteroatoms. The number of esters is 1. The van der Waals surface area contributed by atoms with Crippen molar-refractivity contribution in [2.75, 3.05) is 0 Å². The van der Waals surface area contributed by atoms with Crippen LogP contribution in [0, 0.1) is 10.1 Å². The maximum absolute atomic E-state index is 11.2. The third kappa shape index (κ3) is 1.53. The number of fused-ring (bicyclic) bond motifs is 1. The lowest BCUT2D eigenvalue weighted by Gasteiger charge is -2.07. The monoisotopic (exact) mass is 223 g/mol. The van der Waals surface area contributed by atoms with E-state index in [9.17, 15) is 14.9 Å². The van der Waals surface area contributed by atoms with Gasteiger partial charge in [-0.15, -0.1) is 0 Å². The van der Waals surface area contributed by atoms with Gasteiger partial charge in [-0.1, -0.05) is 0 Å². The highest BCUT2D eigenvalue weighted by Crippen LogP contribution is 2.33. The van der Waals surface area contributed by atoms with Gasteiger partial charge in [0.1, 0.15) is 0 Å². The molecular formula is C8H6BNO6. The predicted octanol–water partition coefficient (Wildman–Crippen LogP) is -0.182. The van der Waals surface area contributed by atoms with E-state index in [1.165, 1.54) is 6.07 Å². The number of carbonyl (C=O) groups excluding carboxylic acids is 1. The van der Waals surface area contributed by atoms with Gasteiger partial charge in [0.25, 0.3) is 5.69 Å². The Bertz CT molecular complexity index is 474. The molecule has 2 rings (SSSR count). The Kier molecular flexibility index (Phi) is 2.37. The highest BCUT2D eigenvalue weighted by Gasteiger charge is 2.39. The van der Waals surface area contributed by atoms with Crippen molar-refractivity contribution < 1.29 is 24.5 Å². The maximum atomic E-state index is 11.2. The number of rotatable bonds is 2. The van der Waals surface area contributed by atoms with Gasteiger partial charge in [0.2, 0.25) is 0 Å². The highest BCUT2D eigenvalue weighted by molar-refractivity contribution is 6.43. The van der Waals surface area contributed by atoms with Crippen molar-refractivity contribution in [2.24, 2.45) is 0 Å². The molecule has 1 heterocycles. The van der Waals surface area contributed by atoms with Crippen LogP contribution in [0.2, 0.25) is 0 Å². The van der Waals surface area contributed by atoms with Crippen molar-refractivity contribution in [3.8, 4) is 0 Å². The molecule has 0 saturated heterocycles. The van der Waals surface area contributed by atoms with Crippen molar-refractivity contribution in [3.63, 3.8) is 0 Å². The Hall–Kier alpha value is -1.93. The van der Waals surface area contributed by atoms with Crippen LogP contribution in [0.25, 0.3) is 0 Å². The molecule has 0 spiro atoms. The standard InChI is InChI=1S/C8H6BNO6/c11-8-5-2-1-4(10(14)15)3-6(5)7(16-8)9(12)13/h1-3,7,12-13H. The van der Waals surface area contributed by atoms with Crippen molar-refractivity contribution in [1.29, 1.82) is 0 Å². The number of non-ortho nitro benzene ring substituents is 1. The van der Waals surface area contributed by atoms with Gasteiger partial charge in [0.05, 0.1) is 10.5 Å². The molecule has 1 aliphatic heterocycles. The summed E-state index contributed by atoms with van der Waals surface area (Å²) >= 11 is 0. The summed E-state index contributed by atoms with van der Waals surface area (Å²) in [6.45, 7) is 0. The van der Waals surface area contributed by atoms with E-state index in [1.807, 2.05) is 0 Å². The quantitative estimate of drug-likeness (QED) is 0.311. The maximum Gasteiger partial charge on any atom is 0.500 e. The summed E-state index contributed by atoms with van der Waals surface area (Å²) in [5.74, 6) is -0.719. The number of benzene rings is 1. The fourth-order valence-corrected chi connectivity index (χ4v) is 1.55. The van der Waals surface area contributed by atoms with Crippen LogP contribution >= 0.6 is 0 Å².